The Hall–Kier alpha value is -2.15. The van der Waals surface area contributed by atoms with Crippen LogP contribution in [0, 0.1) is 0 Å². The van der Waals surface area contributed by atoms with E-state index < -0.39 is 0 Å². The number of anilines is 1. The van der Waals surface area contributed by atoms with Gasteiger partial charge in [-0.2, -0.15) is 5.10 Å². The van der Waals surface area contributed by atoms with E-state index in [1.165, 1.54) is 19.3 Å². The van der Waals surface area contributed by atoms with Crippen molar-refractivity contribution < 1.29 is 9.57 Å². The zero-order valence-corrected chi connectivity index (χ0v) is 16.6. The number of nitrogens with zero attached hydrogens (tertiary/aromatic N) is 4. The van der Waals surface area contributed by atoms with Gasteiger partial charge in [-0.1, -0.05) is 11.6 Å². The van der Waals surface area contributed by atoms with Gasteiger partial charge in [0.05, 0.1) is 23.0 Å². The molecule has 1 aliphatic carbocycles. The average Bonchev–Trinajstić information content (AvgIpc) is 3.34. The van der Waals surface area contributed by atoms with Crippen LogP contribution in [0.4, 0.5) is 5.69 Å². The van der Waals surface area contributed by atoms with E-state index in [0.29, 0.717) is 6.04 Å². The minimum Gasteiger partial charge on any atom is -0.389 e. The summed E-state index contributed by atoms with van der Waals surface area (Å²) in [7, 11) is 0. The Balaban J connectivity index is 1.51. The van der Waals surface area contributed by atoms with Crippen LogP contribution in [0.25, 0.3) is 11.0 Å². The number of aryl methyl sites for hydroxylation is 1. The van der Waals surface area contributed by atoms with Gasteiger partial charge in [0.15, 0.2) is 5.65 Å². The smallest absolute Gasteiger partial charge is 0.159 e. The van der Waals surface area contributed by atoms with Gasteiger partial charge in [0.1, 0.15) is 5.60 Å². The van der Waals surface area contributed by atoms with Gasteiger partial charge in [0.25, 0.3) is 0 Å². The van der Waals surface area contributed by atoms with Crippen LogP contribution in [0.15, 0.2) is 17.5 Å². The molecule has 1 saturated heterocycles. The minimum atomic E-state index is -0.0912. The molecule has 1 spiro atoms. The van der Waals surface area contributed by atoms with Crippen molar-refractivity contribution in [1.82, 2.24) is 14.8 Å². The van der Waals surface area contributed by atoms with Gasteiger partial charge in [-0.15, -0.1) is 0 Å². The summed E-state index contributed by atoms with van der Waals surface area (Å²) in [5.74, 6) is 0. The monoisotopic (exact) mass is 383 g/mol. The normalized spacial score (nSPS) is 22.4. The molecule has 3 aliphatic rings. The number of nitrogens with one attached hydrogen (secondary N) is 1. The van der Waals surface area contributed by atoms with E-state index in [9.17, 15) is 0 Å². The molecule has 0 amide bonds. The highest BCUT2D eigenvalue weighted by Crippen LogP contribution is 2.41. The first-order valence-electron chi connectivity index (χ1n) is 10.7. The lowest BCUT2D eigenvalue weighted by Crippen LogP contribution is -2.32. The van der Waals surface area contributed by atoms with Crippen LogP contribution in [-0.2, 0) is 16.1 Å². The molecule has 2 fully saturated rings. The average molecular weight is 383 g/mol. The molecule has 0 radical (unpaired) electrons. The fraction of sp³-hybridized carbons (Fsp3) is 0.667. The highest BCUT2D eigenvalue weighted by Gasteiger charge is 2.41. The van der Waals surface area contributed by atoms with E-state index in [0.717, 1.165) is 79.9 Å². The van der Waals surface area contributed by atoms with Gasteiger partial charge in [0.2, 0.25) is 0 Å². The molecule has 5 rings (SSSR count). The molecule has 0 aromatic carbocycles. The van der Waals surface area contributed by atoms with E-state index in [2.05, 4.69) is 22.5 Å². The van der Waals surface area contributed by atoms with Crippen LogP contribution in [-0.4, -0.2) is 45.3 Å². The van der Waals surface area contributed by atoms with Crippen molar-refractivity contribution in [3.05, 3.63) is 18.0 Å². The van der Waals surface area contributed by atoms with Gasteiger partial charge in [-0.05, 0) is 45.4 Å². The molecule has 2 aromatic heterocycles. The molecular weight excluding hydrogens is 354 g/mol. The van der Waals surface area contributed by atoms with Crippen LogP contribution in [0.1, 0.15) is 63.9 Å². The molecule has 2 aliphatic heterocycles. The fourth-order valence-corrected chi connectivity index (χ4v) is 4.81. The summed E-state index contributed by atoms with van der Waals surface area (Å²) in [6.07, 6.45) is 12.8. The third-order valence-corrected chi connectivity index (χ3v) is 6.45. The summed E-state index contributed by atoms with van der Waals surface area (Å²) in [4.78, 5) is 10.8. The molecule has 0 unspecified atom stereocenters. The number of pyridine rings is 1. The zero-order valence-electron chi connectivity index (χ0n) is 16.6. The molecule has 1 N–H and O–H groups in total. The number of hydrogen-bond donors (Lipinski definition) is 1. The topological polar surface area (TPSA) is 73.6 Å². The maximum atomic E-state index is 6.02. The van der Waals surface area contributed by atoms with E-state index in [-0.39, 0.29) is 5.60 Å². The van der Waals surface area contributed by atoms with E-state index in [1.807, 2.05) is 17.1 Å². The Bertz CT molecular complexity index is 878. The molecule has 7 nitrogen and oxygen atoms in total. The van der Waals surface area contributed by atoms with Crippen molar-refractivity contribution in [2.75, 3.05) is 18.5 Å². The van der Waals surface area contributed by atoms with Gasteiger partial charge >= 0.3 is 0 Å². The van der Waals surface area contributed by atoms with Crippen molar-refractivity contribution in [1.29, 1.82) is 0 Å². The number of oxime groups is 1. The molecule has 4 heterocycles. The Morgan fingerprint density at radius 2 is 2.00 bits per heavy atom. The Labute approximate surface area is 165 Å². The predicted octanol–water partition coefficient (Wildman–Crippen LogP) is 3.87. The van der Waals surface area contributed by atoms with Gasteiger partial charge in [0, 0.05) is 44.0 Å². The zero-order chi connectivity index (χ0) is 19.0. The second-order valence-corrected chi connectivity index (χ2v) is 8.33. The van der Waals surface area contributed by atoms with E-state index >= 15 is 0 Å². The molecular formula is C21H29N5O2. The van der Waals surface area contributed by atoms with Gasteiger partial charge < -0.3 is 14.9 Å². The van der Waals surface area contributed by atoms with Crippen LogP contribution in [0.3, 0.4) is 0 Å². The molecule has 0 atom stereocenters. The fourth-order valence-electron chi connectivity index (χ4n) is 4.81. The highest BCUT2D eigenvalue weighted by molar-refractivity contribution is 6.10. The SMILES string of the molecule is CCn1ncc2c(NC3CCOCC3)c(C3=NOC4(CCCCC4)C3)cnc21. The maximum absolute atomic E-state index is 6.02. The number of fused-ring (bicyclic) bond motifs is 1. The largest absolute Gasteiger partial charge is 0.389 e. The molecule has 150 valence electrons. The number of ether oxygens (including phenoxy) is 1. The van der Waals surface area contributed by atoms with Crippen molar-refractivity contribution in [2.24, 2.45) is 5.16 Å². The van der Waals surface area contributed by atoms with Crippen LogP contribution < -0.4 is 5.32 Å². The molecule has 2 aromatic rings. The summed E-state index contributed by atoms with van der Waals surface area (Å²) in [5.41, 5.74) is 4.03. The van der Waals surface area contributed by atoms with Crippen molar-refractivity contribution in [2.45, 2.75) is 76.5 Å². The van der Waals surface area contributed by atoms with Crippen molar-refractivity contribution in [3.8, 4) is 0 Å². The molecule has 7 heteroatoms. The minimum absolute atomic E-state index is 0.0912. The van der Waals surface area contributed by atoms with Crippen LogP contribution in [0.2, 0.25) is 0 Å². The summed E-state index contributed by atoms with van der Waals surface area (Å²) in [6.45, 7) is 4.51. The quantitative estimate of drug-likeness (QED) is 0.868. The second-order valence-electron chi connectivity index (χ2n) is 8.33. The number of hydrogen-bond acceptors (Lipinski definition) is 6. The van der Waals surface area contributed by atoms with Crippen LogP contribution >= 0.6 is 0 Å². The Kier molecular flexibility index (Phi) is 4.70. The maximum Gasteiger partial charge on any atom is 0.159 e. The summed E-state index contributed by atoms with van der Waals surface area (Å²) < 4.78 is 7.49. The molecule has 28 heavy (non-hydrogen) atoms. The van der Waals surface area contributed by atoms with Gasteiger partial charge in [-0.3, -0.25) is 0 Å². The standard InChI is InChI=1S/C21H29N5O2/c1-2-26-20-17(14-23-26)19(24-15-6-10-27-11-7-15)16(13-22-20)18-12-21(28-25-18)8-4-3-5-9-21/h13-15H,2-12H2,1H3,(H,22,24). The number of rotatable bonds is 4. The van der Waals surface area contributed by atoms with Crippen molar-refractivity contribution >= 4 is 22.4 Å². The Morgan fingerprint density at radius 1 is 1.18 bits per heavy atom. The Morgan fingerprint density at radius 3 is 2.79 bits per heavy atom. The second kappa shape index (κ2) is 7.35. The lowest BCUT2D eigenvalue weighted by Gasteiger charge is -2.30. The first-order chi connectivity index (χ1) is 13.8. The van der Waals surface area contributed by atoms with E-state index in [1.54, 1.807) is 0 Å². The third-order valence-electron chi connectivity index (χ3n) is 6.45. The van der Waals surface area contributed by atoms with Crippen molar-refractivity contribution in [3.63, 3.8) is 0 Å². The summed E-state index contributed by atoms with van der Waals surface area (Å²) in [6, 6.07) is 0.398. The number of aromatic nitrogens is 3. The van der Waals surface area contributed by atoms with Crippen LogP contribution in [0.5, 0.6) is 0 Å². The predicted molar refractivity (Wildman–Crippen MR) is 109 cm³/mol. The highest BCUT2D eigenvalue weighted by atomic mass is 16.7. The molecule has 0 bridgehead atoms. The summed E-state index contributed by atoms with van der Waals surface area (Å²) in [5, 5.41) is 13.9. The third kappa shape index (κ3) is 3.15. The molecule has 1 saturated carbocycles. The first-order valence-corrected chi connectivity index (χ1v) is 10.7. The van der Waals surface area contributed by atoms with E-state index in [4.69, 9.17) is 14.6 Å². The lowest BCUT2D eigenvalue weighted by molar-refractivity contribution is -0.0449. The lowest BCUT2D eigenvalue weighted by atomic mass is 9.81. The summed E-state index contributed by atoms with van der Waals surface area (Å²) >= 11 is 0. The van der Waals surface area contributed by atoms with Gasteiger partial charge in [-0.25, -0.2) is 9.67 Å². The first kappa shape index (κ1) is 17.9.